The Morgan fingerprint density at radius 3 is 1.82 bits per heavy atom. The monoisotopic (exact) mass is 453 g/mol. The van der Waals surface area contributed by atoms with Crippen LogP contribution in [0.1, 0.15) is 71.3 Å². The van der Waals surface area contributed by atoms with Crippen molar-refractivity contribution in [3.05, 3.63) is 78.4 Å². The van der Waals surface area contributed by atoms with Crippen LogP contribution in [0.15, 0.2) is 77.8 Å². The molecule has 0 aliphatic heterocycles. The number of rotatable bonds is 7. The Morgan fingerprint density at radius 1 is 0.706 bits per heavy atom. The first-order valence-corrected chi connectivity index (χ1v) is 13.1. The lowest BCUT2D eigenvalue weighted by Gasteiger charge is -2.24. The Balaban J connectivity index is 1.85. The van der Waals surface area contributed by atoms with Crippen molar-refractivity contribution >= 4 is 6.21 Å². The maximum absolute atomic E-state index is 6.75. The number of aliphatic imine (C=N–C) groups is 1. The van der Waals surface area contributed by atoms with Gasteiger partial charge in [-0.05, 0) is 48.4 Å². The van der Waals surface area contributed by atoms with Gasteiger partial charge < -0.3 is 4.74 Å². The number of hydrogen-bond acceptors (Lipinski definition) is 2. The summed E-state index contributed by atoms with van der Waals surface area (Å²) < 4.78 is 6.75. The summed E-state index contributed by atoms with van der Waals surface area (Å²) in [6, 6.07) is 26.1. The number of hydrogen-bond donors (Lipinski definition) is 0. The summed E-state index contributed by atoms with van der Waals surface area (Å²) in [6.45, 7) is 6.61. The van der Waals surface area contributed by atoms with Crippen LogP contribution < -0.4 is 4.74 Å². The molecule has 1 fully saturated rings. The van der Waals surface area contributed by atoms with Gasteiger partial charge in [0.25, 0.3) is 0 Å². The molecular formula is C32H39NO. The number of nitrogens with zero attached hydrogens (tertiary/aromatic N) is 1. The molecule has 0 radical (unpaired) electrons. The molecule has 0 amide bonds. The van der Waals surface area contributed by atoms with Crippen molar-refractivity contribution in [1.29, 1.82) is 0 Å². The molecule has 2 heteroatoms. The maximum Gasteiger partial charge on any atom is 0.136 e. The van der Waals surface area contributed by atoms with E-state index in [0.29, 0.717) is 12.0 Å². The van der Waals surface area contributed by atoms with E-state index in [2.05, 4.69) is 99.8 Å². The van der Waals surface area contributed by atoms with Crippen molar-refractivity contribution in [3.63, 3.8) is 0 Å². The molecule has 1 atom stereocenters. The summed E-state index contributed by atoms with van der Waals surface area (Å²) in [5.74, 6) is 1.36. The minimum atomic E-state index is 0.0991. The van der Waals surface area contributed by atoms with Gasteiger partial charge in [0.2, 0.25) is 0 Å². The molecule has 0 aromatic heterocycles. The van der Waals surface area contributed by atoms with Gasteiger partial charge in [-0.15, -0.1) is 0 Å². The van der Waals surface area contributed by atoms with Crippen LogP contribution in [0.3, 0.4) is 0 Å². The lowest BCUT2D eigenvalue weighted by Crippen LogP contribution is -2.20. The smallest absolute Gasteiger partial charge is 0.136 e. The molecule has 1 unspecified atom stereocenters. The standard InChI is InChI=1S/C32H39NO/c1-24(2)25(3)34-32-30(27-17-11-8-12-18-27)22-21-29(26-15-9-7-10-16-26)31(32)23-33-28-19-13-5-4-6-14-20-28/h7-12,15-18,21-25,28H,4-6,13-14,19-20H2,1-3H3. The van der Waals surface area contributed by atoms with E-state index in [0.717, 1.165) is 16.9 Å². The highest BCUT2D eigenvalue weighted by Gasteiger charge is 2.20. The highest BCUT2D eigenvalue weighted by atomic mass is 16.5. The molecule has 1 aliphatic rings. The molecule has 1 saturated carbocycles. The van der Waals surface area contributed by atoms with Gasteiger partial charge in [0.15, 0.2) is 0 Å². The molecule has 4 rings (SSSR count). The Bertz CT molecular complexity index is 1050. The zero-order valence-corrected chi connectivity index (χ0v) is 21.0. The van der Waals surface area contributed by atoms with Crippen LogP contribution >= 0.6 is 0 Å². The van der Waals surface area contributed by atoms with E-state index in [1.165, 1.54) is 61.6 Å². The van der Waals surface area contributed by atoms with Gasteiger partial charge in [0.1, 0.15) is 5.75 Å². The minimum Gasteiger partial charge on any atom is -0.489 e. The van der Waals surface area contributed by atoms with Crippen LogP contribution in [0.2, 0.25) is 0 Å². The molecule has 0 heterocycles. The van der Waals surface area contributed by atoms with E-state index in [-0.39, 0.29) is 6.10 Å². The minimum absolute atomic E-state index is 0.0991. The second-order valence-electron chi connectivity index (χ2n) is 9.98. The molecule has 3 aromatic rings. The third kappa shape index (κ3) is 6.17. The first-order valence-electron chi connectivity index (χ1n) is 13.1. The van der Waals surface area contributed by atoms with Gasteiger partial charge in [-0.2, -0.15) is 0 Å². The van der Waals surface area contributed by atoms with Gasteiger partial charge in [0, 0.05) is 23.4 Å². The van der Waals surface area contributed by atoms with E-state index in [4.69, 9.17) is 9.73 Å². The Morgan fingerprint density at radius 2 is 1.24 bits per heavy atom. The Hall–Kier alpha value is -2.87. The molecule has 34 heavy (non-hydrogen) atoms. The van der Waals surface area contributed by atoms with Gasteiger partial charge in [0.05, 0.1) is 6.10 Å². The van der Waals surface area contributed by atoms with Crippen LogP contribution in [0, 0.1) is 5.92 Å². The van der Waals surface area contributed by atoms with Gasteiger partial charge in [-0.3, -0.25) is 4.99 Å². The van der Waals surface area contributed by atoms with Crippen LogP contribution in [0.5, 0.6) is 5.75 Å². The Labute approximate surface area is 206 Å². The van der Waals surface area contributed by atoms with Crippen LogP contribution in [0.4, 0.5) is 0 Å². The molecular weight excluding hydrogens is 414 g/mol. The van der Waals surface area contributed by atoms with Crippen molar-refractivity contribution < 1.29 is 4.74 Å². The largest absolute Gasteiger partial charge is 0.489 e. The van der Waals surface area contributed by atoms with Crippen molar-refractivity contribution in [2.75, 3.05) is 0 Å². The summed E-state index contributed by atoms with van der Waals surface area (Å²) in [5, 5.41) is 0. The quantitative estimate of drug-likeness (QED) is 0.327. The van der Waals surface area contributed by atoms with E-state index < -0.39 is 0 Å². The molecule has 0 saturated heterocycles. The second-order valence-corrected chi connectivity index (χ2v) is 9.98. The van der Waals surface area contributed by atoms with E-state index in [1.54, 1.807) is 0 Å². The third-order valence-corrected chi connectivity index (χ3v) is 7.10. The maximum atomic E-state index is 6.75. The summed E-state index contributed by atoms with van der Waals surface area (Å²) in [7, 11) is 0. The third-order valence-electron chi connectivity index (χ3n) is 7.10. The summed E-state index contributed by atoms with van der Waals surface area (Å²) >= 11 is 0. The molecule has 1 aliphatic carbocycles. The summed E-state index contributed by atoms with van der Waals surface area (Å²) in [4.78, 5) is 5.18. The number of benzene rings is 3. The molecule has 0 spiro atoms. The topological polar surface area (TPSA) is 21.6 Å². The zero-order chi connectivity index (χ0) is 23.8. The average molecular weight is 454 g/mol. The molecule has 178 valence electrons. The van der Waals surface area contributed by atoms with Crippen molar-refractivity contribution in [3.8, 4) is 28.0 Å². The average Bonchev–Trinajstić information content (AvgIpc) is 2.84. The van der Waals surface area contributed by atoms with Crippen LogP contribution in [-0.2, 0) is 0 Å². The van der Waals surface area contributed by atoms with Gasteiger partial charge >= 0.3 is 0 Å². The van der Waals surface area contributed by atoms with Crippen molar-refractivity contribution in [1.82, 2.24) is 0 Å². The zero-order valence-electron chi connectivity index (χ0n) is 21.0. The van der Waals surface area contributed by atoms with E-state index in [9.17, 15) is 0 Å². The lowest BCUT2D eigenvalue weighted by atomic mass is 9.93. The predicted molar refractivity (Wildman–Crippen MR) is 146 cm³/mol. The predicted octanol–water partition coefficient (Wildman–Crippen LogP) is 8.98. The highest BCUT2D eigenvalue weighted by molar-refractivity contribution is 5.97. The fraction of sp³-hybridized carbons (Fsp3) is 0.406. The normalized spacial score (nSPS) is 16.4. The molecule has 3 aromatic carbocycles. The van der Waals surface area contributed by atoms with Gasteiger partial charge in [-0.25, -0.2) is 0 Å². The van der Waals surface area contributed by atoms with E-state index in [1.807, 2.05) is 0 Å². The van der Waals surface area contributed by atoms with Crippen LogP contribution in [0.25, 0.3) is 22.3 Å². The summed E-state index contributed by atoms with van der Waals surface area (Å²) in [5.41, 5.74) is 5.78. The molecule has 2 nitrogen and oxygen atoms in total. The molecule has 0 bridgehead atoms. The fourth-order valence-corrected chi connectivity index (χ4v) is 4.65. The SMILES string of the molecule is CC(C)C(C)Oc1c(-c2ccccc2)ccc(-c2ccccc2)c1C=NC1CCCCCCC1. The lowest BCUT2D eigenvalue weighted by molar-refractivity contribution is 0.171. The Kier molecular flexibility index (Phi) is 8.57. The van der Waals surface area contributed by atoms with E-state index >= 15 is 0 Å². The first kappa shape index (κ1) is 24.3. The summed E-state index contributed by atoms with van der Waals surface area (Å²) in [6.07, 6.45) is 11.2. The van der Waals surface area contributed by atoms with Crippen LogP contribution in [-0.4, -0.2) is 18.4 Å². The highest BCUT2D eigenvalue weighted by Crippen LogP contribution is 2.39. The molecule has 0 N–H and O–H groups in total. The second kappa shape index (κ2) is 12.0. The van der Waals surface area contributed by atoms with Crippen molar-refractivity contribution in [2.45, 2.75) is 77.9 Å². The van der Waals surface area contributed by atoms with Gasteiger partial charge in [-0.1, -0.05) is 113 Å². The van der Waals surface area contributed by atoms with Crippen molar-refractivity contribution in [2.24, 2.45) is 10.9 Å². The first-order chi connectivity index (χ1) is 16.6. The fourth-order valence-electron chi connectivity index (χ4n) is 4.65. The number of ether oxygens (including phenoxy) is 1.